The number of rotatable bonds is 6. The number of methoxy groups -OCH3 is 2. The van der Waals surface area contributed by atoms with E-state index in [0.29, 0.717) is 0 Å². The molecule has 0 saturated carbocycles. The number of nitrogens with one attached hydrogen (secondary N) is 1. The van der Waals surface area contributed by atoms with E-state index in [-0.39, 0.29) is 6.04 Å². The highest BCUT2D eigenvalue weighted by molar-refractivity contribution is 5.43. The molecule has 0 saturated heterocycles. The molecule has 0 bridgehead atoms. The van der Waals surface area contributed by atoms with Crippen molar-refractivity contribution in [1.29, 1.82) is 0 Å². The van der Waals surface area contributed by atoms with Crippen LogP contribution in [0.15, 0.2) is 42.7 Å². The summed E-state index contributed by atoms with van der Waals surface area (Å²) in [7, 11) is 3.27. The van der Waals surface area contributed by atoms with Crippen molar-refractivity contribution in [1.82, 2.24) is 10.4 Å². The number of nitrogens with zero attached hydrogens (tertiary/aromatic N) is 1. The Balaban J connectivity index is 2.27. The third kappa shape index (κ3) is 3.26. The standard InChI is InChI=1S/C15H19N3O2/c1-19-12-3-4-13(15(10-12)20-2)14(18-16)9-11-5-7-17-8-6-11/h3-8,10,14,18H,9,16H2,1-2H3. The van der Waals surface area contributed by atoms with Crippen LogP contribution in [0.3, 0.4) is 0 Å². The van der Waals surface area contributed by atoms with E-state index in [0.717, 1.165) is 29.0 Å². The van der Waals surface area contributed by atoms with Crippen molar-refractivity contribution in [2.45, 2.75) is 12.5 Å². The molecule has 0 amide bonds. The first-order valence-electron chi connectivity index (χ1n) is 6.35. The zero-order valence-electron chi connectivity index (χ0n) is 11.7. The van der Waals surface area contributed by atoms with Gasteiger partial charge < -0.3 is 9.47 Å². The van der Waals surface area contributed by atoms with Crippen molar-refractivity contribution in [3.8, 4) is 11.5 Å². The van der Waals surface area contributed by atoms with Crippen LogP contribution in [0.25, 0.3) is 0 Å². The zero-order chi connectivity index (χ0) is 14.4. The van der Waals surface area contributed by atoms with Crippen LogP contribution in [-0.4, -0.2) is 19.2 Å². The topological polar surface area (TPSA) is 69.4 Å². The Hall–Kier alpha value is -2.11. The molecule has 1 aromatic heterocycles. The van der Waals surface area contributed by atoms with E-state index < -0.39 is 0 Å². The van der Waals surface area contributed by atoms with Gasteiger partial charge in [0.2, 0.25) is 0 Å². The van der Waals surface area contributed by atoms with Gasteiger partial charge in [0.1, 0.15) is 11.5 Å². The van der Waals surface area contributed by atoms with Crippen LogP contribution in [0.5, 0.6) is 11.5 Å². The normalized spacial score (nSPS) is 11.9. The van der Waals surface area contributed by atoms with Gasteiger partial charge >= 0.3 is 0 Å². The summed E-state index contributed by atoms with van der Waals surface area (Å²) in [5.41, 5.74) is 4.98. The molecule has 0 spiro atoms. The number of hydrogen-bond acceptors (Lipinski definition) is 5. The molecule has 2 aromatic rings. The average molecular weight is 273 g/mol. The van der Waals surface area contributed by atoms with E-state index in [1.54, 1.807) is 26.6 Å². The van der Waals surface area contributed by atoms with E-state index in [4.69, 9.17) is 15.3 Å². The van der Waals surface area contributed by atoms with E-state index in [9.17, 15) is 0 Å². The monoisotopic (exact) mass is 273 g/mol. The summed E-state index contributed by atoms with van der Waals surface area (Å²) in [6, 6.07) is 9.61. The third-order valence-electron chi connectivity index (χ3n) is 3.21. The predicted molar refractivity (Wildman–Crippen MR) is 77.6 cm³/mol. The molecule has 3 N–H and O–H groups in total. The van der Waals surface area contributed by atoms with Gasteiger partial charge in [-0.25, -0.2) is 0 Å². The van der Waals surface area contributed by atoms with Crippen LogP contribution in [-0.2, 0) is 6.42 Å². The van der Waals surface area contributed by atoms with Crippen LogP contribution in [0.4, 0.5) is 0 Å². The Morgan fingerprint density at radius 1 is 1.15 bits per heavy atom. The number of hydrazine groups is 1. The lowest BCUT2D eigenvalue weighted by molar-refractivity contribution is 0.384. The Bertz CT molecular complexity index is 546. The molecule has 5 heteroatoms. The fourth-order valence-corrected chi connectivity index (χ4v) is 2.12. The number of nitrogens with two attached hydrogens (primary N) is 1. The SMILES string of the molecule is COc1ccc(C(Cc2ccncc2)NN)c(OC)c1. The van der Waals surface area contributed by atoms with Crippen LogP contribution in [0, 0.1) is 0 Å². The molecule has 0 aliphatic heterocycles. The fourth-order valence-electron chi connectivity index (χ4n) is 2.12. The van der Waals surface area contributed by atoms with Gasteiger partial charge in [-0.3, -0.25) is 16.3 Å². The number of pyridine rings is 1. The Morgan fingerprint density at radius 3 is 2.50 bits per heavy atom. The molecule has 2 rings (SSSR count). The molecular formula is C15H19N3O2. The van der Waals surface area contributed by atoms with E-state index in [1.165, 1.54) is 0 Å². The minimum atomic E-state index is -0.0433. The minimum Gasteiger partial charge on any atom is -0.497 e. The molecule has 5 nitrogen and oxygen atoms in total. The van der Waals surface area contributed by atoms with Crippen molar-refractivity contribution in [3.05, 3.63) is 53.9 Å². The summed E-state index contributed by atoms with van der Waals surface area (Å²) in [6.45, 7) is 0. The van der Waals surface area contributed by atoms with Crippen LogP contribution < -0.4 is 20.7 Å². The molecule has 1 heterocycles. The highest BCUT2D eigenvalue weighted by atomic mass is 16.5. The number of aromatic nitrogens is 1. The first kappa shape index (κ1) is 14.3. The number of benzene rings is 1. The van der Waals surface area contributed by atoms with Gasteiger partial charge in [0.25, 0.3) is 0 Å². The predicted octanol–water partition coefficient (Wildman–Crippen LogP) is 1.85. The van der Waals surface area contributed by atoms with Gasteiger partial charge in [-0.15, -0.1) is 0 Å². The van der Waals surface area contributed by atoms with Gasteiger partial charge in [-0.2, -0.15) is 0 Å². The first-order chi connectivity index (χ1) is 9.78. The first-order valence-corrected chi connectivity index (χ1v) is 6.35. The maximum atomic E-state index is 5.69. The second kappa shape index (κ2) is 6.88. The summed E-state index contributed by atoms with van der Waals surface area (Å²) in [6.07, 6.45) is 4.30. The van der Waals surface area contributed by atoms with Crippen molar-refractivity contribution in [3.63, 3.8) is 0 Å². The van der Waals surface area contributed by atoms with Gasteiger partial charge in [-0.1, -0.05) is 6.07 Å². The smallest absolute Gasteiger partial charge is 0.127 e. The summed E-state index contributed by atoms with van der Waals surface area (Å²) >= 11 is 0. The fraction of sp³-hybridized carbons (Fsp3) is 0.267. The number of ether oxygens (including phenoxy) is 2. The average Bonchev–Trinajstić information content (AvgIpc) is 2.53. The summed E-state index contributed by atoms with van der Waals surface area (Å²) in [4.78, 5) is 4.01. The van der Waals surface area contributed by atoms with E-state index in [1.807, 2.05) is 30.3 Å². The van der Waals surface area contributed by atoms with Gasteiger partial charge in [-0.05, 0) is 30.2 Å². The van der Waals surface area contributed by atoms with E-state index in [2.05, 4.69) is 10.4 Å². The quantitative estimate of drug-likeness (QED) is 0.621. The zero-order valence-corrected chi connectivity index (χ0v) is 11.7. The van der Waals surface area contributed by atoms with Crippen LogP contribution >= 0.6 is 0 Å². The highest BCUT2D eigenvalue weighted by Crippen LogP contribution is 2.30. The summed E-state index contributed by atoms with van der Waals surface area (Å²) in [5.74, 6) is 7.20. The molecule has 0 aliphatic carbocycles. The van der Waals surface area contributed by atoms with Gasteiger partial charge in [0, 0.05) is 24.0 Å². The molecule has 0 aliphatic rings. The molecule has 1 unspecified atom stereocenters. The lowest BCUT2D eigenvalue weighted by Gasteiger charge is -2.19. The maximum Gasteiger partial charge on any atom is 0.127 e. The van der Waals surface area contributed by atoms with Gasteiger partial charge in [0.05, 0.1) is 20.3 Å². The Morgan fingerprint density at radius 2 is 1.90 bits per heavy atom. The lowest BCUT2D eigenvalue weighted by Crippen LogP contribution is -2.29. The number of hydrogen-bond donors (Lipinski definition) is 2. The van der Waals surface area contributed by atoms with Crippen molar-refractivity contribution >= 4 is 0 Å². The van der Waals surface area contributed by atoms with Crippen molar-refractivity contribution in [2.75, 3.05) is 14.2 Å². The van der Waals surface area contributed by atoms with Crippen molar-refractivity contribution < 1.29 is 9.47 Å². The van der Waals surface area contributed by atoms with Crippen LogP contribution in [0.1, 0.15) is 17.2 Å². The van der Waals surface area contributed by atoms with E-state index >= 15 is 0 Å². The second-order valence-corrected chi connectivity index (χ2v) is 4.39. The largest absolute Gasteiger partial charge is 0.497 e. The van der Waals surface area contributed by atoms with Gasteiger partial charge in [0.15, 0.2) is 0 Å². The Kier molecular flexibility index (Phi) is 4.92. The highest BCUT2D eigenvalue weighted by Gasteiger charge is 2.16. The van der Waals surface area contributed by atoms with Crippen molar-refractivity contribution in [2.24, 2.45) is 5.84 Å². The molecule has 106 valence electrons. The summed E-state index contributed by atoms with van der Waals surface area (Å²) in [5, 5.41) is 0. The molecular weight excluding hydrogens is 254 g/mol. The molecule has 1 atom stereocenters. The lowest BCUT2D eigenvalue weighted by atomic mass is 9.99. The Labute approximate surface area is 118 Å². The molecule has 1 aromatic carbocycles. The summed E-state index contributed by atoms with van der Waals surface area (Å²) < 4.78 is 10.6. The molecule has 0 radical (unpaired) electrons. The van der Waals surface area contributed by atoms with Crippen LogP contribution in [0.2, 0.25) is 0 Å². The maximum absolute atomic E-state index is 5.69. The molecule has 0 fully saturated rings. The minimum absolute atomic E-state index is 0.0433. The molecule has 20 heavy (non-hydrogen) atoms. The third-order valence-corrected chi connectivity index (χ3v) is 3.21. The second-order valence-electron chi connectivity index (χ2n) is 4.39.